The summed E-state index contributed by atoms with van der Waals surface area (Å²) >= 11 is 0. The van der Waals surface area contributed by atoms with Crippen LogP contribution in [0.1, 0.15) is 11.1 Å². The van der Waals surface area contributed by atoms with Crippen LogP contribution in [0.2, 0.25) is 0 Å². The van der Waals surface area contributed by atoms with Crippen molar-refractivity contribution in [2.24, 2.45) is 11.7 Å². The molecule has 0 fully saturated rings. The van der Waals surface area contributed by atoms with Crippen molar-refractivity contribution in [3.8, 4) is 11.1 Å². The summed E-state index contributed by atoms with van der Waals surface area (Å²) in [6, 6.07) is 12.3. The van der Waals surface area contributed by atoms with Crippen molar-refractivity contribution in [2.45, 2.75) is 13.8 Å². The second kappa shape index (κ2) is 5.08. The van der Waals surface area contributed by atoms with E-state index in [2.05, 4.69) is 23.0 Å². The summed E-state index contributed by atoms with van der Waals surface area (Å²) in [4.78, 5) is 0. The fourth-order valence-corrected chi connectivity index (χ4v) is 2.01. The maximum atomic E-state index is 5.43. The number of nitrogens with one attached hydrogen (secondary N) is 2. The van der Waals surface area contributed by atoms with Gasteiger partial charge in [-0.2, -0.15) is 0 Å². The van der Waals surface area contributed by atoms with Gasteiger partial charge in [0.2, 0.25) is 0 Å². The van der Waals surface area contributed by atoms with Crippen molar-refractivity contribution in [3.63, 3.8) is 0 Å². The van der Waals surface area contributed by atoms with Gasteiger partial charge in [-0.1, -0.05) is 12.1 Å². The first kappa shape index (κ1) is 12.4. The summed E-state index contributed by atoms with van der Waals surface area (Å²) in [7, 11) is 0. The van der Waals surface area contributed by atoms with Crippen LogP contribution in [0.4, 0.5) is 11.4 Å². The maximum absolute atomic E-state index is 5.43. The molecule has 4 nitrogen and oxygen atoms in total. The van der Waals surface area contributed by atoms with Gasteiger partial charge in [0, 0.05) is 0 Å². The minimum atomic E-state index is 0.940. The molecular formula is C14H18N4. The van der Waals surface area contributed by atoms with Crippen molar-refractivity contribution in [2.75, 3.05) is 10.9 Å². The van der Waals surface area contributed by atoms with E-state index in [9.17, 15) is 0 Å². The maximum Gasteiger partial charge on any atom is 0.0514 e. The monoisotopic (exact) mass is 242 g/mol. The van der Waals surface area contributed by atoms with E-state index >= 15 is 0 Å². The van der Waals surface area contributed by atoms with E-state index in [1.165, 1.54) is 0 Å². The molecule has 2 rings (SSSR count). The highest BCUT2D eigenvalue weighted by Crippen LogP contribution is 2.27. The predicted octanol–water partition coefficient (Wildman–Crippen LogP) is 2.54. The normalized spacial score (nSPS) is 10.2. The number of hydrogen-bond donors (Lipinski definition) is 4. The fraction of sp³-hybridized carbons (Fsp3) is 0.143. The van der Waals surface area contributed by atoms with Gasteiger partial charge in [-0.05, 0) is 60.4 Å². The lowest BCUT2D eigenvalue weighted by atomic mass is 10.00. The summed E-state index contributed by atoms with van der Waals surface area (Å²) in [5, 5.41) is 0. The number of nitrogens with two attached hydrogens (primary N) is 2. The smallest absolute Gasteiger partial charge is 0.0514 e. The van der Waals surface area contributed by atoms with E-state index in [0.29, 0.717) is 0 Å². The van der Waals surface area contributed by atoms with Crippen LogP contribution in [-0.4, -0.2) is 0 Å². The first-order valence-corrected chi connectivity index (χ1v) is 5.80. The highest BCUT2D eigenvalue weighted by Gasteiger charge is 2.03. The highest BCUT2D eigenvalue weighted by atomic mass is 15.2. The van der Waals surface area contributed by atoms with Crippen LogP contribution >= 0.6 is 0 Å². The van der Waals surface area contributed by atoms with Crippen LogP contribution in [0.25, 0.3) is 11.1 Å². The van der Waals surface area contributed by atoms with Gasteiger partial charge in [0.25, 0.3) is 0 Å². The highest BCUT2D eigenvalue weighted by molar-refractivity contribution is 5.71. The van der Waals surface area contributed by atoms with E-state index in [0.717, 1.165) is 33.6 Å². The molecule has 0 bridgehead atoms. The Kier molecular flexibility index (Phi) is 3.50. The summed E-state index contributed by atoms with van der Waals surface area (Å²) < 4.78 is 0. The van der Waals surface area contributed by atoms with Crippen molar-refractivity contribution in [1.29, 1.82) is 0 Å². The van der Waals surface area contributed by atoms with E-state index in [4.69, 9.17) is 11.7 Å². The molecule has 6 N–H and O–H groups in total. The number of rotatable bonds is 3. The molecule has 0 aliphatic carbocycles. The second-order valence-corrected chi connectivity index (χ2v) is 4.35. The lowest BCUT2D eigenvalue weighted by Gasteiger charge is -2.10. The Morgan fingerprint density at radius 2 is 1.11 bits per heavy atom. The zero-order valence-electron chi connectivity index (χ0n) is 10.6. The summed E-state index contributed by atoms with van der Waals surface area (Å²) in [6.07, 6.45) is 0. The Hall–Kier alpha value is -2.04. The van der Waals surface area contributed by atoms with Gasteiger partial charge < -0.3 is 10.9 Å². The molecular weight excluding hydrogens is 224 g/mol. The Labute approximate surface area is 107 Å². The predicted molar refractivity (Wildman–Crippen MR) is 77.0 cm³/mol. The van der Waals surface area contributed by atoms with Crippen molar-refractivity contribution in [1.82, 2.24) is 0 Å². The second-order valence-electron chi connectivity index (χ2n) is 4.35. The molecule has 0 spiro atoms. The van der Waals surface area contributed by atoms with Crippen LogP contribution in [0.5, 0.6) is 0 Å². The number of nitrogen functional groups attached to an aromatic ring is 2. The van der Waals surface area contributed by atoms with Crippen molar-refractivity contribution < 1.29 is 0 Å². The molecule has 0 aromatic heterocycles. The van der Waals surface area contributed by atoms with Crippen LogP contribution in [0.3, 0.4) is 0 Å². The van der Waals surface area contributed by atoms with Crippen LogP contribution in [0.15, 0.2) is 36.4 Å². The third-order valence-corrected chi connectivity index (χ3v) is 3.10. The van der Waals surface area contributed by atoms with Crippen molar-refractivity contribution >= 4 is 11.4 Å². The molecule has 18 heavy (non-hydrogen) atoms. The molecule has 0 heterocycles. The minimum absolute atomic E-state index is 0.940. The molecule has 2 aromatic carbocycles. The molecule has 4 heteroatoms. The van der Waals surface area contributed by atoms with Gasteiger partial charge in [0.1, 0.15) is 0 Å². The van der Waals surface area contributed by atoms with Gasteiger partial charge >= 0.3 is 0 Å². The number of benzene rings is 2. The summed E-state index contributed by atoms with van der Waals surface area (Å²) in [5.41, 5.74) is 11.8. The SMILES string of the molecule is Cc1cc(-c2ccc(NN)c(C)c2)ccc1NN. The molecule has 0 amide bonds. The first-order valence-electron chi connectivity index (χ1n) is 5.80. The Balaban J connectivity index is 2.42. The molecule has 0 atom stereocenters. The van der Waals surface area contributed by atoms with Gasteiger partial charge in [-0.15, -0.1) is 0 Å². The van der Waals surface area contributed by atoms with E-state index in [1.54, 1.807) is 0 Å². The minimum Gasteiger partial charge on any atom is -0.324 e. The van der Waals surface area contributed by atoms with E-state index in [-0.39, 0.29) is 0 Å². The average molecular weight is 242 g/mol. The summed E-state index contributed by atoms with van der Waals surface area (Å²) in [5.74, 6) is 10.9. The summed E-state index contributed by atoms with van der Waals surface area (Å²) in [6.45, 7) is 4.06. The Morgan fingerprint density at radius 1 is 0.722 bits per heavy atom. The number of hydrogen-bond acceptors (Lipinski definition) is 4. The molecule has 0 radical (unpaired) electrons. The van der Waals surface area contributed by atoms with Crippen LogP contribution < -0.4 is 22.5 Å². The van der Waals surface area contributed by atoms with E-state index in [1.807, 2.05) is 38.1 Å². The van der Waals surface area contributed by atoms with Gasteiger partial charge in [0.05, 0.1) is 11.4 Å². The fourth-order valence-electron chi connectivity index (χ4n) is 2.01. The molecule has 0 aliphatic heterocycles. The molecule has 0 unspecified atom stereocenters. The third kappa shape index (κ3) is 2.30. The Morgan fingerprint density at radius 3 is 1.39 bits per heavy atom. The number of anilines is 2. The van der Waals surface area contributed by atoms with Gasteiger partial charge in [-0.3, -0.25) is 11.7 Å². The zero-order valence-corrected chi connectivity index (χ0v) is 10.6. The van der Waals surface area contributed by atoms with Gasteiger partial charge in [0.15, 0.2) is 0 Å². The largest absolute Gasteiger partial charge is 0.324 e. The lowest BCUT2D eigenvalue weighted by Crippen LogP contribution is -2.08. The molecule has 0 saturated carbocycles. The number of aryl methyl sites for hydroxylation is 2. The van der Waals surface area contributed by atoms with Gasteiger partial charge in [-0.25, -0.2) is 0 Å². The van der Waals surface area contributed by atoms with Crippen LogP contribution in [-0.2, 0) is 0 Å². The first-order chi connectivity index (χ1) is 8.65. The quantitative estimate of drug-likeness (QED) is 0.493. The molecule has 0 aliphatic rings. The molecule has 2 aromatic rings. The van der Waals surface area contributed by atoms with E-state index < -0.39 is 0 Å². The van der Waals surface area contributed by atoms with Crippen molar-refractivity contribution in [3.05, 3.63) is 47.5 Å². The molecule has 94 valence electrons. The lowest BCUT2D eigenvalue weighted by molar-refractivity contribution is 1.30. The topological polar surface area (TPSA) is 76.1 Å². The molecule has 0 saturated heterocycles. The average Bonchev–Trinajstić information content (AvgIpc) is 2.38. The standard InChI is InChI=1S/C14H18N4/c1-9-7-11(3-5-13(9)17-15)12-4-6-14(18-16)10(2)8-12/h3-8,17-18H,15-16H2,1-2H3. The zero-order chi connectivity index (χ0) is 13.1. The van der Waals surface area contributed by atoms with Crippen LogP contribution in [0, 0.1) is 13.8 Å². The number of hydrazine groups is 2. The third-order valence-electron chi connectivity index (χ3n) is 3.10. The Bertz CT molecular complexity index is 512.